The number of carbonyl (C=O) groups excluding carboxylic acids is 1. The Bertz CT molecular complexity index is 1030. The van der Waals surface area contributed by atoms with E-state index in [0.717, 1.165) is 33.8 Å². The van der Waals surface area contributed by atoms with Gasteiger partial charge in [0.15, 0.2) is 17.1 Å². The second kappa shape index (κ2) is 8.94. The van der Waals surface area contributed by atoms with E-state index in [1.54, 1.807) is 4.68 Å². The second-order valence-electron chi connectivity index (χ2n) is 6.85. The first kappa shape index (κ1) is 20.6. The fourth-order valence-corrected chi connectivity index (χ4v) is 3.33. The smallest absolute Gasteiger partial charge is 0.253 e. The average molecular weight is 396 g/mol. The normalized spacial score (nSPS) is 10.9. The van der Waals surface area contributed by atoms with E-state index in [-0.39, 0.29) is 5.91 Å². The minimum absolute atomic E-state index is 0.129. The molecule has 29 heavy (non-hydrogen) atoms. The largest absolute Gasteiger partial charge is 0.490 e. The number of hydrogen-bond donors (Lipinski definition) is 1. The van der Waals surface area contributed by atoms with E-state index in [2.05, 4.69) is 15.4 Å². The Morgan fingerprint density at radius 3 is 2.52 bits per heavy atom. The van der Waals surface area contributed by atoms with E-state index in [0.29, 0.717) is 37.4 Å². The van der Waals surface area contributed by atoms with Crippen LogP contribution in [0.5, 0.6) is 11.5 Å². The van der Waals surface area contributed by atoms with Gasteiger partial charge in [0, 0.05) is 19.0 Å². The van der Waals surface area contributed by atoms with E-state index >= 15 is 0 Å². The van der Waals surface area contributed by atoms with Gasteiger partial charge in [-0.2, -0.15) is 5.10 Å². The topological polar surface area (TPSA) is 78.3 Å². The van der Waals surface area contributed by atoms with Crippen molar-refractivity contribution in [2.45, 2.75) is 34.1 Å². The highest BCUT2D eigenvalue weighted by Crippen LogP contribution is 2.28. The molecule has 3 aromatic rings. The standard InChI is InChI=1S/C22H28N4O3/c1-6-28-19-9-8-16(12-20(19)29-7-2)10-11-23-22(27)18-13-17-15(4)25-26(5)21(17)24-14(18)3/h8-9,12-13H,6-7,10-11H2,1-5H3,(H,23,27). The number of fused-ring (bicyclic) bond motifs is 1. The van der Waals surface area contributed by atoms with Gasteiger partial charge >= 0.3 is 0 Å². The van der Waals surface area contributed by atoms with Crippen molar-refractivity contribution in [2.24, 2.45) is 7.05 Å². The zero-order valence-electron chi connectivity index (χ0n) is 17.7. The molecule has 1 N–H and O–H groups in total. The number of carbonyl (C=O) groups is 1. The number of benzene rings is 1. The zero-order chi connectivity index (χ0) is 21.0. The minimum atomic E-state index is -0.129. The maximum absolute atomic E-state index is 12.7. The highest BCUT2D eigenvalue weighted by Gasteiger charge is 2.15. The van der Waals surface area contributed by atoms with Crippen molar-refractivity contribution in [3.63, 3.8) is 0 Å². The lowest BCUT2D eigenvalue weighted by Gasteiger charge is -2.13. The van der Waals surface area contributed by atoms with E-state index in [4.69, 9.17) is 9.47 Å². The summed E-state index contributed by atoms with van der Waals surface area (Å²) in [6.45, 7) is 9.33. The SMILES string of the molecule is CCOc1ccc(CCNC(=O)c2cc3c(C)nn(C)c3nc2C)cc1OCC. The summed E-state index contributed by atoms with van der Waals surface area (Å²) >= 11 is 0. The molecule has 0 bridgehead atoms. The van der Waals surface area contributed by atoms with Crippen LogP contribution < -0.4 is 14.8 Å². The fraction of sp³-hybridized carbons (Fsp3) is 0.409. The molecule has 154 valence electrons. The van der Waals surface area contributed by atoms with Crippen molar-refractivity contribution in [3.05, 3.63) is 46.8 Å². The van der Waals surface area contributed by atoms with Gasteiger partial charge in [-0.15, -0.1) is 0 Å². The Kier molecular flexibility index (Phi) is 6.36. The van der Waals surface area contributed by atoms with Gasteiger partial charge in [0.1, 0.15) is 0 Å². The molecule has 0 saturated heterocycles. The van der Waals surface area contributed by atoms with E-state index in [9.17, 15) is 4.79 Å². The van der Waals surface area contributed by atoms with Gasteiger partial charge in [-0.05, 0) is 57.9 Å². The van der Waals surface area contributed by atoms with Crippen LogP contribution >= 0.6 is 0 Å². The van der Waals surface area contributed by atoms with Crippen LogP contribution in [-0.2, 0) is 13.5 Å². The number of nitrogens with one attached hydrogen (secondary N) is 1. The third-order valence-corrected chi connectivity index (χ3v) is 4.74. The van der Waals surface area contributed by atoms with E-state index in [1.807, 2.05) is 59.0 Å². The zero-order valence-corrected chi connectivity index (χ0v) is 17.7. The fourth-order valence-electron chi connectivity index (χ4n) is 3.33. The number of nitrogens with zero attached hydrogens (tertiary/aromatic N) is 3. The molecule has 0 spiro atoms. The minimum Gasteiger partial charge on any atom is -0.490 e. The molecular weight excluding hydrogens is 368 g/mol. The van der Waals surface area contributed by atoms with Crippen molar-refractivity contribution in [1.29, 1.82) is 0 Å². The summed E-state index contributed by atoms with van der Waals surface area (Å²) in [6.07, 6.45) is 0.693. The third-order valence-electron chi connectivity index (χ3n) is 4.74. The number of hydrogen-bond acceptors (Lipinski definition) is 5. The molecule has 0 aliphatic carbocycles. The molecule has 1 aromatic carbocycles. The van der Waals surface area contributed by atoms with Gasteiger partial charge < -0.3 is 14.8 Å². The first-order valence-electron chi connectivity index (χ1n) is 9.92. The van der Waals surface area contributed by atoms with Gasteiger partial charge in [-0.25, -0.2) is 4.98 Å². The molecule has 1 amide bonds. The van der Waals surface area contributed by atoms with Gasteiger partial charge in [0.25, 0.3) is 5.91 Å². The van der Waals surface area contributed by atoms with E-state index < -0.39 is 0 Å². The van der Waals surface area contributed by atoms with Crippen molar-refractivity contribution in [3.8, 4) is 11.5 Å². The molecule has 7 nitrogen and oxygen atoms in total. The summed E-state index contributed by atoms with van der Waals surface area (Å²) < 4.78 is 13.0. The van der Waals surface area contributed by atoms with Crippen LogP contribution in [0.1, 0.15) is 41.2 Å². The predicted octanol–water partition coefficient (Wildman–Crippen LogP) is 3.36. The van der Waals surface area contributed by atoms with Crippen LogP contribution in [0, 0.1) is 13.8 Å². The first-order chi connectivity index (χ1) is 13.9. The molecule has 0 aliphatic rings. The van der Waals surface area contributed by atoms with Gasteiger partial charge in [0.2, 0.25) is 0 Å². The monoisotopic (exact) mass is 396 g/mol. The Balaban J connectivity index is 1.68. The van der Waals surface area contributed by atoms with Crippen LogP contribution in [0.15, 0.2) is 24.3 Å². The van der Waals surface area contributed by atoms with Gasteiger partial charge in [-0.1, -0.05) is 6.07 Å². The Hall–Kier alpha value is -3.09. The number of ether oxygens (including phenoxy) is 2. The molecule has 2 heterocycles. The molecule has 7 heteroatoms. The number of rotatable bonds is 8. The molecule has 0 aliphatic heterocycles. The summed E-state index contributed by atoms with van der Waals surface area (Å²) in [5.41, 5.74) is 4.00. The second-order valence-corrected chi connectivity index (χ2v) is 6.85. The number of aromatic nitrogens is 3. The van der Waals surface area contributed by atoms with Crippen molar-refractivity contribution < 1.29 is 14.3 Å². The third kappa shape index (κ3) is 4.50. The van der Waals surface area contributed by atoms with E-state index in [1.165, 1.54) is 0 Å². The highest BCUT2D eigenvalue weighted by atomic mass is 16.5. The van der Waals surface area contributed by atoms with Crippen molar-refractivity contribution in [1.82, 2.24) is 20.1 Å². The summed E-state index contributed by atoms with van der Waals surface area (Å²) in [6, 6.07) is 7.76. The maximum Gasteiger partial charge on any atom is 0.253 e. The molecule has 0 atom stereocenters. The number of pyridine rings is 1. The number of amides is 1. The average Bonchev–Trinajstić information content (AvgIpc) is 2.96. The van der Waals surface area contributed by atoms with Crippen LogP contribution in [0.3, 0.4) is 0 Å². The molecular formula is C22H28N4O3. The summed E-state index contributed by atoms with van der Waals surface area (Å²) in [4.78, 5) is 17.3. The quantitative estimate of drug-likeness (QED) is 0.632. The van der Waals surface area contributed by atoms with Crippen molar-refractivity contribution >= 4 is 16.9 Å². The lowest BCUT2D eigenvalue weighted by molar-refractivity contribution is 0.0953. The van der Waals surface area contributed by atoms with Crippen LogP contribution in [0.25, 0.3) is 11.0 Å². The molecule has 3 rings (SSSR count). The molecule has 0 unspecified atom stereocenters. The number of aryl methyl sites for hydroxylation is 3. The summed E-state index contributed by atoms with van der Waals surface area (Å²) in [7, 11) is 1.86. The Labute approximate surface area is 171 Å². The van der Waals surface area contributed by atoms with Gasteiger partial charge in [0.05, 0.1) is 30.2 Å². The highest BCUT2D eigenvalue weighted by molar-refractivity contribution is 5.98. The summed E-state index contributed by atoms with van der Waals surface area (Å²) in [5.74, 6) is 1.34. The van der Waals surface area contributed by atoms with Gasteiger partial charge in [-0.3, -0.25) is 9.48 Å². The van der Waals surface area contributed by atoms with Crippen LogP contribution in [0.4, 0.5) is 0 Å². The molecule has 0 saturated carbocycles. The molecule has 2 aromatic heterocycles. The molecule has 0 radical (unpaired) electrons. The Morgan fingerprint density at radius 2 is 1.79 bits per heavy atom. The lowest BCUT2D eigenvalue weighted by Crippen LogP contribution is -2.26. The lowest BCUT2D eigenvalue weighted by atomic mass is 10.1. The Morgan fingerprint density at radius 1 is 1.07 bits per heavy atom. The predicted molar refractivity (Wildman–Crippen MR) is 113 cm³/mol. The van der Waals surface area contributed by atoms with Crippen molar-refractivity contribution in [2.75, 3.05) is 19.8 Å². The maximum atomic E-state index is 12.7. The molecule has 0 fully saturated rings. The summed E-state index contributed by atoms with van der Waals surface area (Å²) in [5, 5.41) is 8.27. The van der Waals surface area contributed by atoms with Crippen LogP contribution in [0.2, 0.25) is 0 Å². The van der Waals surface area contributed by atoms with Crippen LogP contribution in [-0.4, -0.2) is 40.4 Å². The first-order valence-corrected chi connectivity index (χ1v) is 9.92.